The number of hydrogen-bond acceptors (Lipinski definition) is 5. The highest BCUT2D eigenvalue weighted by Crippen LogP contribution is 2.29. The van der Waals surface area contributed by atoms with Crippen LogP contribution in [0.1, 0.15) is 12.5 Å². The smallest absolute Gasteiger partial charge is 0.196 e. The fourth-order valence-electron chi connectivity index (χ4n) is 2.34. The first-order valence-corrected chi connectivity index (χ1v) is 8.24. The molecular weight excluding hydrogens is 461 g/mol. The molecule has 0 atom stereocenters. The average molecular weight is 487 g/mol. The Labute approximate surface area is 176 Å². The van der Waals surface area contributed by atoms with Crippen molar-refractivity contribution in [2.75, 3.05) is 33.2 Å². The summed E-state index contributed by atoms with van der Waals surface area (Å²) in [7, 11) is 4.77. The van der Waals surface area contributed by atoms with E-state index in [0.29, 0.717) is 41.9 Å². The largest absolute Gasteiger partial charge is 0.508 e. The molecule has 2 aromatic carbocycles. The number of phenols is 1. The van der Waals surface area contributed by atoms with E-state index in [1.807, 2.05) is 25.1 Å². The number of nitrogens with zero attached hydrogens (tertiary/aromatic N) is 1. The molecule has 0 aromatic heterocycles. The first kappa shape index (κ1) is 22.7. The van der Waals surface area contributed by atoms with Gasteiger partial charge >= 0.3 is 0 Å². The summed E-state index contributed by atoms with van der Waals surface area (Å²) < 4.78 is 15.8. The van der Waals surface area contributed by atoms with Gasteiger partial charge in [0, 0.05) is 23.9 Å². The highest BCUT2D eigenvalue weighted by Gasteiger charge is 2.07. The molecule has 7 nitrogen and oxygen atoms in total. The molecule has 8 heteroatoms. The van der Waals surface area contributed by atoms with Crippen molar-refractivity contribution >= 4 is 35.6 Å². The first-order chi connectivity index (χ1) is 12.6. The molecule has 0 amide bonds. The summed E-state index contributed by atoms with van der Waals surface area (Å²) in [6, 6.07) is 10.6. The summed E-state index contributed by atoms with van der Waals surface area (Å²) in [6.07, 6.45) is 0. The van der Waals surface area contributed by atoms with E-state index >= 15 is 0 Å². The maximum absolute atomic E-state index is 9.99. The molecule has 0 fully saturated rings. The van der Waals surface area contributed by atoms with E-state index < -0.39 is 0 Å². The summed E-state index contributed by atoms with van der Waals surface area (Å²) in [4.78, 5) is 4.52. The van der Waals surface area contributed by atoms with Gasteiger partial charge in [0.2, 0.25) is 0 Å². The van der Waals surface area contributed by atoms with Crippen LogP contribution in [-0.2, 0) is 6.54 Å². The lowest BCUT2D eigenvalue weighted by Gasteiger charge is -2.14. The molecule has 0 aliphatic heterocycles. The highest BCUT2D eigenvalue weighted by molar-refractivity contribution is 14.0. The van der Waals surface area contributed by atoms with Crippen molar-refractivity contribution in [1.29, 1.82) is 0 Å². The van der Waals surface area contributed by atoms with Gasteiger partial charge in [-0.05, 0) is 37.3 Å². The van der Waals surface area contributed by atoms with Crippen molar-refractivity contribution in [3.63, 3.8) is 0 Å². The summed E-state index contributed by atoms with van der Waals surface area (Å²) in [5, 5.41) is 16.4. The highest BCUT2D eigenvalue weighted by atomic mass is 127. The van der Waals surface area contributed by atoms with Crippen LogP contribution >= 0.6 is 24.0 Å². The van der Waals surface area contributed by atoms with Gasteiger partial charge in [-0.3, -0.25) is 0 Å². The van der Waals surface area contributed by atoms with Gasteiger partial charge < -0.3 is 30.0 Å². The molecule has 2 aromatic rings. The Kier molecular flexibility index (Phi) is 9.55. The molecule has 0 saturated heterocycles. The predicted octanol–water partition coefficient (Wildman–Crippen LogP) is 3.61. The number of halogens is 1. The topological polar surface area (TPSA) is 84.3 Å². The van der Waals surface area contributed by atoms with Crippen LogP contribution in [0.3, 0.4) is 0 Å². The molecule has 0 unspecified atom stereocenters. The number of anilines is 1. The van der Waals surface area contributed by atoms with Crippen molar-refractivity contribution in [3.05, 3.63) is 42.0 Å². The van der Waals surface area contributed by atoms with E-state index in [0.717, 1.165) is 5.69 Å². The SMILES string of the molecule is CCNC(=NCc1cc(OC)ccc1O)Nc1ccc(OC)c(OC)c1.I. The molecule has 148 valence electrons. The number of phenolic OH excluding ortho intramolecular Hbond substituents is 1. The van der Waals surface area contributed by atoms with Crippen LogP contribution in [-0.4, -0.2) is 38.9 Å². The van der Waals surface area contributed by atoms with Crippen molar-refractivity contribution < 1.29 is 19.3 Å². The van der Waals surface area contributed by atoms with Gasteiger partial charge in [-0.1, -0.05) is 0 Å². The molecule has 0 aliphatic rings. The monoisotopic (exact) mass is 487 g/mol. The van der Waals surface area contributed by atoms with Crippen LogP contribution in [0.25, 0.3) is 0 Å². The third-order valence-electron chi connectivity index (χ3n) is 3.68. The number of benzene rings is 2. The number of aliphatic imine (C=N–C) groups is 1. The zero-order chi connectivity index (χ0) is 18.9. The van der Waals surface area contributed by atoms with E-state index in [4.69, 9.17) is 14.2 Å². The van der Waals surface area contributed by atoms with Gasteiger partial charge in [-0.25, -0.2) is 4.99 Å². The fraction of sp³-hybridized carbons (Fsp3) is 0.316. The number of hydrogen-bond donors (Lipinski definition) is 3. The molecule has 0 spiro atoms. The van der Waals surface area contributed by atoms with Crippen molar-refractivity contribution in [1.82, 2.24) is 5.32 Å². The molecule has 27 heavy (non-hydrogen) atoms. The van der Waals surface area contributed by atoms with Crippen LogP contribution in [0.2, 0.25) is 0 Å². The molecular formula is C19H26IN3O4. The van der Waals surface area contributed by atoms with E-state index in [1.165, 1.54) is 0 Å². The molecule has 0 radical (unpaired) electrons. The zero-order valence-corrected chi connectivity index (χ0v) is 18.2. The van der Waals surface area contributed by atoms with Gasteiger partial charge in [0.05, 0.1) is 27.9 Å². The van der Waals surface area contributed by atoms with Crippen molar-refractivity contribution in [2.24, 2.45) is 4.99 Å². The Morgan fingerprint density at radius 3 is 2.37 bits per heavy atom. The lowest BCUT2D eigenvalue weighted by Crippen LogP contribution is -2.30. The van der Waals surface area contributed by atoms with E-state index in [1.54, 1.807) is 39.5 Å². The number of aromatic hydroxyl groups is 1. The lowest BCUT2D eigenvalue weighted by molar-refractivity contribution is 0.355. The molecule has 0 aliphatic carbocycles. The third-order valence-corrected chi connectivity index (χ3v) is 3.68. The number of rotatable bonds is 7. The summed E-state index contributed by atoms with van der Waals surface area (Å²) in [6.45, 7) is 2.98. The minimum atomic E-state index is 0. The van der Waals surface area contributed by atoms with Crippen LogP contribution in [0.5, 0.6) is 23.0 Å². The van der Waals surface area contributed by atoms with E-state index in [9.17, 15) is 5.11 Å². The predicted molar refractivity (Wildman–Crippen MR) is 118 cm³/mol. The number of ether oxygens (including phenoxy) is 3. The fourth-order valence-corrected chi connectivity index (χ4v) is 2.34. The Morgan fingerprint density at radius 2 is 1.74 bits per heavy atom. The van der Waals surface area contributed by atoms with Crippen LogP contribution < -0.4 is 24.8 Å². The maximum atomic E-state index is 9.99. The molecule has 3 N–H and O–H groups in total. The van der Waals surface area contributed by atoms with Crippen molar-refractivity contribution in [3.8, 4) is 23.0 Å². The minimum Gasteiger partial charge on any atom is -0.508 e. The summed E-state index contributed by atoms with van der Waals surface area (Å²) in [5.41, 5.74) is 1.48. The maximum Gasteiger partial charge on any atom is 0.196 e. The van der Waals surface area contributed by atoms with Crippen LogP contribution in [0, 0.1) is 0 Å². The van der Waals surface area contributed by atoms with Crippen molar-refractivity contribution in [2.45, 2.75) is 13.5 Å². The van der Waals surface area contributed by atoms with Crippen LogP contribution in [0.15, 0.2) is 41.4 Å². The second kappa shape index (κ2) is 11.4. The second-order valence-electron chi connectivity index (χ2n) is 5.38. The second-order valence-corrected chi connectivity index (χ2v) is 5.38. The quantitative estimate of drug-likeness (QED) is 0.315. The Bertz CT molecular complexity index is 769. The first-order valence-electron chi connectivity index (χ1n) is 8.24. The third kappa shape index (κ3) is 6.38. The molecule has 2 rings (SSSR count). The summed E-state index contributed by atoms with van der Waals surface area (Å²) >= 11 is 0. The standard InChI is InChI=1S/C19H25N3O4.HI/c1-5-20-19(21-12-13-10-15(24-2)7-8-16(13)23)22-14-6-9-17(25-3)18(11-14)26-4;/h6-11,23H,5,12H2,1-4H3,(H2,20,21,22);1H. The number of guanidine groups is 1. The Balaban J connectivity index is 0.00000364. The van der Waals surface area contributed by atoms with Gasteiger partial charge in [-0.15, -0.1) is 24.0 Å². The summed E-state index contributed by atoms with van der Waals surface area (Å²) in [5.74, 6) is 2.71. The zero-order valence-electron chi connectivity index (χ0n) is 15.9. The van der Waals surface area contributed by atoms with Gasteiger partial charge in [-0.2, -0.15) is 0 Å². The van der Waals surface area contributed by atoms with E-state index in [-0.39, 0.29) is 29.7 Å². The average Bonchev–Trinajstić information content (AvgIpc) is 2.67. The lowest BCUT2D eigenvalue weighted by atomic mass is 10.2. The van der Waals surface area contributed by atoms with Crippen LogP contribution in [0.4, 0.5) is 5.69 Å². The minimum absolute atomic E-state index is 0. The number of methoxy groups -OCH3 is 3. The number of nitrogens with one attached hydrogen (secondary N) is 2. The molecule has 0 bridgehead atoms. The van der Waals surface area contributed by atoms with Gasteiger partial charge in [0.25, 0.3) is 0 Å². The molecule has 0 heterocycles. The van der Waals surface area contributed by atoms with Gasteiger partial charge in [0.1, 0.15) is 11.5 Å². The Hall–Kier alpha value is -2.36. The Morgan fingerprint density at radius 1 is 1.00 bits per heavy atom. The van der Waals surface area contributed by atoms with Gasteiger partial charge in [0.15, 0.2) is 17.5 Å². The van der Waals surface area contributed by atoms with E-state index in [2.05, 4.69) is 15.6 Å². The normalized spacial score (nSPS) is 10.6. The molecule has 0 saturated carbocycles.